The first-order valence-corrected chi connectivity index (χ1v) is 31.6. The number of carbonyl (C=O) groups is 8. The Balaban J connectivity index is 0.970. The van der Waals surface area contributed by atoms with E-state index in [-0.39, 0.29) is 92.9 Å². The fourth-order valence-electron chi connectivity index (χ4n) is 18.1. The first-order chi connectivity index (χ1) is 38.8. The molecule has 7 rings (SSSR count). The number of Topliss-reactive ketones (excluding diaryl/α,β-unsaturated/α-hetero) is 2. The van der Waals surface area contributed by atoms with Crippen molar-refractivity contribution in [2.75, 3.05) is 39.3 Å². The molecule has 7 aliphatic rings. The predicted octanol–water partition coefficient (Wildman–Crippen LogP) is 11.9. The molecule has 1 heterocycles. The maximum Gasteiger partial charge on any atom is 0.242 e. The van der Waals surface area contributed by atoms with Gasteiger partial charge in [0.15, 0.2) is 11.6 Å². The highest BCUT2D eigenvalue weighted by atomic mass is 16.2. The molecule has 1 aliphatic heterocycles. The van der Waals surface area contributed by atoms with Gasteiger partial charge in [-0.2, -0.15) is 10.5 Å². The van der Waals surface area contributed by atoms with Crippen LogP contribution in [0.1, 0.15) is 214 Å². The van der Waals surface area contributed by atoms with E-state index in [1.165, 1.54) is 0 Å². The number of nitriles is 2. The Morgan fingerprint density at radius 2 is 0.845 bits per heavy atom. The lowest BCUT2D eigenvalue weighted by Crippen LogP contribution is -2.58. The quantitative estimate of drug-likeness (QED) is 0.124. The van der Waals surface area contributed by atoms with Gasteiger partial charge in [0.1, 0.15) is 24.7 Å². The molecular formula is C70H102N6O8. The average molecular weight is 1160 g/mol. The van der Waals surface area contributed by atoms with E-state index in [0.717, 1.165) is 62.2 Å². The minimum Gasteiger partial charge on any atom is -0.347 e. The maximum atomic E-state index is 14.7. The smallest absolute Gasteiger partial charge is 0.242 e. The Hall–Kier alpha value is -5.50. The van der Waals surface area contributed by atoms with Crippen molar-refractivity contribution in [2.45, 2.75) is 214 Å². The fraction of sp³-hybridized carbons (Fsp3) is 0.743. The van der Waals surface area contributed by atoms with Crippen LogP contribution in [0.4, 0.5) is 0 Å². The van der Waals surface area contributed by atoms with Crippen molar-refractivity contribution in [3.05, 3.63) is 46.6 Å². The van der Waals surface area contributed by atoms with Gasteiger partial charge in [-0.25, -0.2) is 0 Å². The lowest BCUT2D eigenvalue weighted by atomic mass is 9.40. The topological polar surface area (TPSA) is 215 Å². The number of amides is 4. The molecule has 0 aromatic rings. The number of hydrogen-bond acceptors (Lipinski definition) is 10. The van der Waals surface area contributed by atoms with Crippen LogP contribution in [-0.2, 0) is 38.4 Å². The third-order valence-corrected chi connectivity index (χ3v) is 24.4. The summed E-state index contributed by atoms with van der Waals surface area (Å²) >= 11 is 0. The summed E-state index contributed by atoms with van der Waals surface area (Å²) in [7, 11) is 0. The van der Waals surface area contributed by atoms with Gasteiger partial charge in [-0.1, -0.05) is 134 Å². The molecule has 14 nitrogen and oxygen atoms in total. The lowest BCUT2D eigenvalue weighted by Gasteiger charge is -2.63. The number of nitrogens with one attached hydrogen (secondary N) is 2. The molecule has 84 heavy (non-hydrogen) atoms. The molecule has 6 atom stereocenters. The van der Waals surface area contributed by atoms with Crippen LogP contribution in [0.3, 0.4) is 0 Å². The maximum absolute atomic E-state index is 14.7. The van der Waals surface area contributed by atoms with Crippen molar-refractivity contribution in [3.63, 3.8) is 0 Å². The summed E-state index contributed by atoms with van der Waals surface area (Å²) in [6.07, 6.45) is 20.0. The van der Waals surface area contributed by atoms with E-state index >= 15 is 0 Å². The van der Waals surface area contributed by atoms with Gasteiger partial charge in [-0.15, -0.1) is 0 Å². The summed E-state index contributed by atoms with van der Waals surface area (Å²) in [6.45, 7) is 34.8. The van der Waals surface area contributed by atoms with Gasteiger partial charge in [0.25, 0.3) is 0 Å². The molecule has 460 valence electrons. The van der Waals surface area contributed by atoms with E-state index in [1.54, 1.807) is 22.0 Å². The van der Waals surface area contributed by atoms with Crippen molar-refractivity contribution in [2.24, 2.45) is 76.8 Å². The predicted molar refractivity (Wildman–Crippen MR) is 326 cm³/mol. The summed E-state index contributed by atoms with van der Waals surface area (Å²) < 4.78 is 0. The number of aldehydes is 2. The van der Waals surface area contributed by atoms with E-state index in [0.29, 0.717) is 90.4 Å². The van der Waals surface area contributed by atoms with Crippen molar-refractivity contribution < 1.29 is 38.4 Å². The molecule has 4 saturated carbocycles. The van der Waals surface area contributed by atoms with E-state index in [1.807, 2.05) is 39.8 Å². The van der Waals surface area contributed by atoms with E-state index in [9.17, 15) is 48.9 Å². The molecule has 14 heteroatoms. The van der Waals surface area contributed by atoms with Crippen LogP contribution >= 0.6 is 0 Å². The van der Waals surface area contributed by atoms with Crippen LogP contribution in [0, 0.1) is 99.5 Å². The first kappa shape index (κ1) is 66.0. The summed E-state index contributed by atoms with van der Waals surface area (Å²) in [5.41, 5.74) is -3.78. The van der Waals surface area contributed by atoms with Crippen LogP contribution in [-0.4, -0.2) is 96.8 Å². The van der Waals surface area contributed by atoms with Crippen molar-refractivity contribution in [3.8, 4) is 12.1 Å². The largest absolute Gasteiger partial charge is 0.347 e. The summed E-state index contributed by atoms with van der Waals surface area (Å²) in [5, 5.41) is 26.4. The van der Waals surface area contributed by atoms with Gasteiger partial charge in [0, 0.05) is 58.7 Å². The van der Waals surface area contributed by atoms with E-state index in [4.69, 9.17) is 0 Å². The zero-order valence-electron chi connectivity index (χ0n) is 54.2. The number of fused-ring (bicyclic) bond motifs is 2. The average Bonchev–Trinajstić information content (AvgIpc) is 0.762. The Morgan fingerprint density at radius 1 is 0.536 bits per heavy atom. The second kappa shape index (κ2) is 23.0. The highest BCUT2D eigenvalue weighted by Gasteiger charge is 2.65. The molecule has 0 bridgehead atoms. The summed E-state index contributed by atoms with van der Waals surface area (Å²) in [5.74, 6) is -1.17. The van der Waals surface area contributed by atoms with Gasteiger partial charge in [0.2, 0.25) is 23.6 Å². The zero-order valence-corrected chi connectivity index (χ0v) is 54.2. The molecule has 0 unspecified atom stereocenters. The highest BCUT2D eigenvalue weighted by Crippen LogP contribution is 2.71. The number of rotatable bonds is 14. The SMILES string of the molecule is CC(C)(C)CCC1(C(=O)NCC(=O)N2CCN(C(=O)CNC(=O)C3(CCC(C)(C)C)CCC(C)([C@]4(C)CC[C@H]5C(C)(C)C(=O)C(C#N)=C[C@]5(C)/C4=C/C=O)CC3)CC2)CCC(C)([C@]2(C)CC[C@H]3C(C)(C)C(=O)C(C#N)=C[C@]3(C)/C2=C/C=O)CC1. The Morgan fingerprint density at radius 3 is 1.12 bits per heavy atom. The molecule has 5 fully saturated rings. The molecule has 1 saturated heterocycles. The fourth-order valence-corrected chi connectivity index (χ4v) is 18.1. The first-order valence-electron chi connectivity index (χ1n) is 31.6. The monoisotopic (exact) mass is 1150 g/mol. The Bertz CT molecular complexity index is 2690. The second-order valence-corrected chi connectivity index (χ2v) is 32.2. The molecule has 2 N–H and O–H groups in total. The zero-order chi connectivity index (χ0) is 62.7. The molecule has 6 aliphatic carbocycles. The molecule has 0 radical (unpaired) electrons. The highest BCUT2D eigenvalue weighted by molar-refractivity contribution is 6.05. The standard InChI is InChI=1S/C70H102N6O8/c1-59(2,3)23-29-69(31-25-63(11,26-32-69)67(15)21-17-49-61(7,8)55(81)47(43-71)41-65(49,13)51(67)19-39-77)57(83)73-45-53(79)75-35-37-76(38-36-75)54(80)46-74-58(84)70(30-24-60(4,5)6)33-27-64(12,28-34-70)68(16)22-18-50-62(9,10)56(82)48(44-72)42-66(50,14)52(68)20-40-78/h19-20,39-42,49-50H,17-18,21-38,45-46H2,1-16H3,(H,73,83)(H,74,84)/b51-19-,52-20-/t49-,50-,63?,64?,65-,66-,67+,68+,69?,70?/m0/s1. The van der Waals surface area contributed by atoms with E-state index in [2.05, 4.69) is 106 Å². The van der Waals surface area contributed by atoms with Gasteiger partial charge in [-0.05, 0) is 159 Å². The normalized spacial score (nSPS) is 36.9. The number of nitrogens with zero attached hydrogens (tertiary/aromatic N) is 4. The molecule has 4 amide bonds. The lowest BCUT2D eigenvalue weighted by molar-refractivity contribution is -0.144. The van der Waals surface area contributed by atoms with Crippen molar-refractivity contribution in [1.82, 2.24) is 20.4 Å². The molecular weight excluding hydrogens is 1050 g/mol. The van der Waals surface area contributed by atoms with Gasteiger partial charge < -0.3 is 20.4 Å². The van der Waals surface area contributed by atoms with Gasteiger partial charge in [0.05, 0.1) is 24.2 Å². The van der Waals surface area contributed by atoms with Crippen LogP contribution < -0.4 is 10.6 Å². The third kappa shape index (κ3) is 11.5. The number of hydrogen-bond donors (Lipinski definition) is 2. The van der Waals surface area contributed by atoms with E-state index < -0.39 is 43.3 Å². The summed E-state index contributed by atoms with van der Waals surface area (Å²) in [4.78, 5) is 113. The van der Waals surface area contributed by atoms with Crippen LogP contribution in [0.2, 0.25) is 0 Å². The number of carbonyl (C=O) groups excluding carboxylic acids is 8. The van der Waals surface area contributed by atoms with Crippen LogP contribution in [0.15, 0.2) is 46.6 Å². The van der Waals surface area contributed by atoms with Crippen LogP contribution in [0.25, 0.3) is 0 Å². The van der Waals surface area contributed by atoms with Crippen molar-refractivity contribution in [1.29, 1.82) is 10.5 Å². The Labute approximate surface area is 503 Å². The van der Waals surface area contributed by atoms with Crippen LogP contribution in [0.5, 0.6) is 0 Å². The number of ketones is 2. The molecule has 0 aromatic carbocycles. The summed E-state index contributed by atoms with van der Waals surface area (Å²) in [6, 6.07) is 4.34. The number of allylic oxidation sites excluding steroid dienone is 8. The van der Waals surface area contributed by atoms with Gasteiger partial charge >= 0.3 is 0 Å². The molecule has 0 aromatic heterocycles. The van der Waals surface area contributed by atoms with Gasteiger partial charge in [-0.3, -0.25) is 38.4 Å². The molecule has 0 spiro atoms. The second-order valence-electron chi connectivity index (χ2n) is 32.2. The Kier molecular flexibility index (Phi) is 18.1. The minimum atomic E-state index is -0.780. The number of piperazine rings is 1. The third-order valence-electron chi connectivity index (χ3n) is 24.4. The minimum absolute atomic E-state index is 0.0368. The van der Waals surface area contributed by atoms with Crippen molar-refractivity contribution >= 4 is 47.8 Å².